The maximum absolute atomic E-state index is 11.5. The van der Waals surface area contributed by atoms with Gasteiger partial charge in [0.25, 0.3) is 0 Å². The molecule has 0 aliphatic rings. The lowest BCUT2D eigenvalue weighted by atomic mass is 10.4. The average molecular weight is 260 g/mol. The minimum absolute atomic E-state index is 0.0803. The Morgan fingerprint density at radius 2 is 2.06 bits per heavy atom. The fraction of sp³-hybridized carbons (Fsp3) is 0.143. The van der Waals surface area contributed by atoms with Gasteiger partial charge in [0.05, 0.1) is 0 Å². The van der Waals surface area contributed by atoms with Gasteiger partial charge < -0.3 is 22.0 Å². The molecule has 10 heteroatoms. The lowest BCUT2D eigenvalue weighted by molar-refractivity contribution is 0.0378. The van der Waals surface area contributed by atoms with Crippen LogP contribution in [0.25, 0.3) is 0 Å². The monoisotopic (exact) mass is 259 g/mol. The molecular weight excluding hydrogens is 250 g/mol. The van der Waals surface area contributed by atoms with E-state index in [1.807, 2.05) is 0 Å². The topological polar surface area (TPSA) is 155 Å². The van der Waals surface area contributed by atoms with Crippen LogP contribution in [-0.4, -0.2) is 28.9 Å². The number of nitrogens with two attached hydrogens (primary N) is 3. The molecule has 0 spiro atoms. The van der Waals surface area contributed by atoms with Crippen LogP contribution < -0.4 is 22.7 Å². The Bertz CT molecular complexity index is 476. The van der Waals surface area contributed by atoms with Crippen LogP contribution in [0, 0.1) is 0 Å². The Morgan fingerprint density at radius 3 is 2.65 bits per heavy atom. The van der Waals surface area contributed by atoms with Gasteiger partial charge in [-0.15, -0.1) is 0 Å². The number of carbonyl (C=O) groups excluding carboxylic acids is 1. The molecular formula is C7H10ClN7O2. The summed E-state index contributed by atoms with van der Waals surface area (Å²) in [5.41, 5.74) is 17.8. The molecule has 1 aromatic rings. The van der Waals surface area contributed by atoms with Gasteiger partial charge in [0.15, 0.2) is 22.5 Å². The smallest absolute Gasteiger partial charge is 0.382 e. The fourth-order valence-electron chi connectivity index (χ4n) is 0.784. The van der Waals surface area contributed by atoms with Gasteiger partial charge in [0.2, 0.25) is 5.96 Å². The molecule has 0 aromatic carbocycles. The highest BCUT2D eigenvalue weighted by molar-refractivity contribution is 6.31. The zero-order valence-corrected chi connectivity index (χ0v) is 9.52. The molecule has 0 bridgehead atoms. The van der Waals surface area contributed by atoms with E-state index in [9.17, 15) is 4.79 Å². The molecule has 1 aromatic heterocycles. The summed E-state index contributed by atoms with van der Waals surface area (Å²) in [6.45, 7) is 0. The predicted molar refractivity (Wildman–Crippen MR) is 62.0 cm³/mol. The largest absolute Gasteiger partial charge is 0.385 e. The number of hydrogen-bond acceptors (Lipinski definition) is 7. The van der Waals surface area contributed by atoms with Crippen molar-refractivity contribution in [2.75, 3.05) is 18.5 Å². The van der Waals surface area contributed by atoms with Gasteiger partial charge in [-0.1, -0.05) is 11.6 Å². The van der Waals surface area contributed by atoms with Crippen LogP contribution in [0.15, 0.2) is 4.99 Å². The third-order valence-corrected chi connectivity index (χ3v) is 1.87. The molecule has 0 aliphatic carbocycles. The molecule has 0 radical (unpaired) electrons. The van der Waals surface area contributed by atoms with Crippen LogP contribution >= 0.6 is 11.6 Å². The van der Waals surface area contributed by atoms with Gasteiger partial charge in [-0.3, -0.25) is 4.99 Å². The van der Waals surface area contributed by atoms with Gasteiger partial charge >= 0.3 is 5.97 Å². The molecule has 0 aliphatic heterocycles. The molecule has 0 fully saturated rings. The van der Waals surface area contributed by atoms with Gasteiger partial charge in [-0.05, 0) is 0 Å². The number of nitrogens with one attached hydrogen (secondary N) is 1. The first-order valence-electron chi connectivity index (χ1n) is 4.23. The van der Waals surface area contributed by atoms with E-state index in [1.54, 1.807) is 0 Å². The highest BCUT2D eigenvalue weighted by Crippen LogP contribution is 2.17. The highest BCUT2D eigenvalue weighted by atomic mass is 35.5. The van der Waals surface area contributed by atoms with E-state index in [-0.39, 0.29) is 28.4 Å². The number of aromatic nitrogens is 2. The van der Waals surface area contributed by atoms with Gasteiger partial charge in [-0.2, -0.15) is 5.48 Å². The number of carbonyl (C=O) groups is 1. The SMILES string of the molecule is CN=C(N)NOC(=O)c1nc(Cl)c(N)nc1N. The zero-order valence-electron chi connectivity index (χ0n) is 8.77. The number of nitrogens with zero attached hydrogens (tertiary/aromatic N) is 3. The van der Waals surface area contributed by atoms with E-state index in [1.165, 1.54) is 7.05 Å². The molecule has 0 saturated carbocycles. The van der Waals surface area contributed by atoms with Crippen molar-refractivity contribution in [3.8, 4) is 0 Å². The first-order chi connectivity index (χ1) is 7.95. The van der Waals surface area contributed by atoms with Crippen LogP contribution in [0.4, 0.5) is 11.6 Å². The first-order valence-corrected chi connectivity index (χ1v) is 4.61. The maximum atomic E-state index is 11.5. The third-order valence-electron chi connectivity index (χ3n) is 1.59. The molecule has 1 heterocycles. The molecule has 0 amide bonds. The number of guanidine groups is 1. The Balaban J connectivity index is 2.86. The van der Waals surface area contributed by atoms with Crippen molar-refractivity contribution in [2.24, 2.45) is 10.7 Å². The molecule has 0 unspecified atom stereocenters. The fourth-order valence-corrected chi connectivity index (χ4v) is 0.911. The Morgan fingerprint density at radius 1 is 1.41 bits per heavy atom. The van der Waals surface area contributed by atoms with Crippen molar-refractivity contribution < 1.29 is 9.63 Å². The Labute approximate surface area is 101 Å². The number of anilines is 2. The minimum Gasteiger partial charge on any atom is -0.382 e. The second-order valence-corrected chi connectivity index (χ2v) is 3.09. The number of hydrogen-bond donors (Lipinski definition) is 4. The normalized spacial score (nSPS) is 11.1. The second kappa shape index (κ2) is 5.16. The van der Waals surface area contributed by atoms with Crippen molar-refractivity contribution in [2.45, 2.75) is 0 Å². The van der Waals surface area contributed by atoms with Crippen LogP contribution in [-0.2, 0) is 4.84 Å². The lowest BCUT2D eigenvalue weighted by Gasteiger charge is -2.07. The third kappa shape index (κ3) is 3.08. The van der Waals surface area contributed by atoms with Crippen molar-refractivity contribution in [3.63, 3.8) is 0 Å². The molecule has 92 valence electrons. The van der Waals surface area contributed by atoms with E-state index >= 15 is 0 Å². The average Bonchev–Trinajstić information content (AvgIpc) is 2.30. The predicted octanol–water partition coefficient (Wildman–Crippen LogP) is -1.10. The van der Waals surface area contributed by atoms with E-state index in [2.05, 4.69) is 25.3 Å². The quantitative estimate of drug-likeness (QED) is 0.281. The van der Waals surface area contributed by atoms with E-state index < -0.39 is 5.97 Å². The molecule has 1 rings (SSSR count). The molecule has 9 nitrogen and oxygen atoms in total. The van der Waals surface area contributed by atoms with Crippen molar-refractivity contribution in [1.82, 2.24) is 15.4 Å². The summed E-state index contributed by atoms with van der Waals surface area (Å²) >= 11 is 5.59. The summed E-state index contributed by atoms with van der Waals surface area (Å²) in [5, 5.41) is -0.150. The number of aliphatic imine (C=N–C) groups is 1. The van der Waals surface area contributed by atoms with Gasteiger partial charge in [0, 0.05) is 7.05 Å². The zero-order chi connectivity index (χ0) is 13.0. The number of rotatable bonds is 1. The lowest BCUT2D eigenvalue weighted by Crippen LogP contribution is -2.34. The summed E-state index contributed by atoms with van der Waals surface area (Å²) in [5.74, 6) is -1.29. The maximum Gasteiger partial charge on any atom is 0.385 e. The Kier molecular flexibility index (Phi) is 3.88. The summed E-state index contributed by atoms with van der Waals surface area (Å²) < 4.78 is 0. The van der Waals surface area contributed by atoms with Crippen molar-refractivity contribution in [3.05, 3.63) is 10.8 Å². The van der Waals surface area contributed by atoms with E-state index in [0.29, 0.717) is 0 Å². The molecule has 7 N–H and O–H groups in total. The van der Waals surface area contributed by atoms with Crippen LogP contribution in [0.3, 0.4) is 0 Å². The van der Waals surface area contributed by atoms with E-state index in [0.717, 1.165) is 0 Å². The summed E-state index contributed by atoms with van der Waals surface area (Å²) in [4.78, 5) is 26.7. The highest BCUT2D eigenvalue weighted by Gasteiger charge is 2.17. The number of halogens is 1. The van der Waals surface area contributed by atoms with Crippen LogP contribution in [0.2, 0.25) is 5.15 Å². The molecule has 17 heavy (non-hydrogen) atoms. The molecule has 0 saturated heterocycles. The van der Waals surface area contributed by atoms with Crippen molar-refractivity contribution >= 4 is 35.2 Å². The van der Waals surface area contributed by atoms with Gasteiger partial charge in [0.1, 0.15) is 0 Å². The van der Waals surface area contributed by atoms with Crippen LogP contribution in [0.1, 0.15) is 10.5 Å². The second-order valence-electron chi connectivity index (χ2n) is 2.73. The van der Waals surface area contributed by atoms with Gasteiger partial charge in [-0.25, -0.2) is 14.8 Å². The summed E-state index contributed by atoms with van der Waals surface area (Å²) in [6.07, 6.45) is 0. The minimum atomic E-state index is -0.913. The van der Waals surface area contributed by atoms with Crippen LogP contribution in [0.5, 0.6) is 0 Å². The number of nitrogen functional groups attached to an aromatic ring is 2. The van der Waals surface area contributed by atoms with E-state index in [4.69, 9.17) is 28.8 Å². The number of hydroxylamine groups is 1. The summed E-state index contributed by atoms with van der Waals surface area (Å²) in [6, 6.07) is 0. The van der Waals surface area contributed by atoms with Crippen molar-refractivity contribution in [1.29, 1.82) is 0 Å². The first kappa shape index (κ1) is 12.8. The molecule has 0 atom stereocenters. The summed E-state index contributed by atoms with van der Waals surface area (Å²) in [7, 11) is 1.41. The standard InChI is InChI=1S/C7H10ClN7O2/c1-12-7(11)15-17-6(16)2-4(9)14-5(10)3(8)13-2/h1H3,(H4,9,10,14)(H3,11,12,15). The Hall–Kier alpha value is -2.29.